The van der Waals surface area contributed by atoms with E-state index in [-0.39, 0.29) is 18.0 Å². The van der Waals surface area contributed by atoms with Crippen molar-refractivity contribution >= 4 is 34.7 Å². The third-order valence-electron chi connectivity index (χ3n) is 4.51. The molecule has 0 spiro atoms. The predicted molar refractivity (Wildman–Crippen MR) is 98.9 cm³/mol. The Hall–Kier alpha value is -1.46. The van der Waals surface area contributed by atoms with E-state index < -0.39 is 0 Å². The van der Waals surface area contributed by atoms with E-state index in [4.69, 9.17) is 23.2 Å². The molecule has 3 atom stereocenters. The van der Waals surface area contributed by atoms with Crippen molar-refractivity contribution in [3.05, 3.63) is 80.3 Å². The lowest BCUT2D eigenvalue weighted by molar-refractivity contribution is 0.396. The Balaban J connectivity index is 1.76. The second-order valence-corrected chi connectivity index (χ2v) is 7.65. The Kier molecular flexibility index (Phi) is 4.31. The van der Waals surface area contributed by atoms with Gasteiger partial charge in [-0.1, -0.05) is 58.9 Å². The molecule has 2 heterocycles. The second-order valence-electron chi connectivity index (χ2n) is 5.99. The third kappa shape index (κ3) is 2.84. The van der Waals surface area contributed by atoms with Crippen LogP contribution in [0, 0.1) is 0 Å². The topological polar surface area (TPSA) is 37.8 Å². The van der Waals surface area contributed by atoms with Crippen LogP contribution in [-0.2, 0) is 0 Å². The first-order valence-electron chi connectivity index (χ1n) is 7.72. The van der Waals surface area contributed by atoms with E-state index in [0.717, 1.165) is 21.3 Å². The van der Waals surface area contributed by atoms with Gasteiger partial charge in [0, 0.05) is 22.0 Å². The van der Waals surface area contributed by atoms with Gasteiger partial charge < -0.3 is 0 Å². The van der Waals surface area contributed by atoms with Crippen LogP contribution in [0.15, 0.2) is 48.5 Å². The molecule has 3 nitrogen and oxygen atoms in total. The average molecular weight is 376 g/mol. The molecular formula is C18H15Cl2N3S. The number of fused-ring (bicyclic) bond motifs is 1. The fraction of sp³-hybridized carbons (Fsp3) is 0.222. The second kappa shape index (κ2) is 6.45. The molecule has 24 heavy (non-hydrogen) atoms. The van der Waals surface area contributed by atoms with E-state index in [0.29, 0.717) is 0 Å². The van der Waals surface area contributed by atoms with Gasteiger partial charge in [0.25, 0.3) is 0 Å². The number of hydrogen-bond donors (Lipinski definition) is 1. The molecule has 6 heteroatoms. The maximum absolute atomic E-state index is 6.04. The van der Waals surface area contributed by atoms with Crippen molar-refractivity contribution in [3.63, 3.8) is 0 Å². The summed E-state index contributed by atoms with van der Waals surface area (Å²) in [7, 11) is 0. The molecule has 1 aliphatic heterocycles. The zero-order valence-electron chi connectivity index (χ0n) is 12.9. The van der Waals surface area contributed by atoms with E-state index in [1.165, 1.54) is 22.0 Å². The first kappa shape index (κ1) is 16.0. The first-order chi connectivity index (χ1) is 11.6. The quantitative estimate of drug-likeness (QED) is 0.652. The van der Waals surface area contributed by atoms with Crippen LogP contribution in [0.4, 0.5) is 0 Å². The van der Waals surface area contributed by atoms with Gasteiger partial charge in [0.05, 0.1) is 16.6 Å². The van der Waals surface area contributed by atoms with Crippen molar-refractivity contribution in [2.24, 2.45) is 0 Å². The third-order valence-corrected chi connectivity index (χ3v) is 5.82. The molecule has 1 aliphatic rings. The Morgan fingerprint density at radius 1 is 0.917 bits per heavy atom. The average Bonchev–Trinajstić information content (AvgIpc) is 3.08. The summed E-state index contributed by atoms with van der Waals surface area (Å²) in [6.45, 7) is 2.19. The van der Waals surface area contributed by atoms with Gasteiger partial charge >= 0.3 is 0 Å². The smallest absolute Gasteiger partial charge is 0.0854 e. The van der Waals surface area contributed by atoms with Gasteiger partial charge in [-0.3, -0.25) is 5.32 Å². The van der Waals surface area contributed by atoms with Gasteiger partial charge in [0.1, 0.15) is 0 Å². The van der Waals surface area contributed by atoms with E-state index in [1.807, 2.05) is 24.3 Å². The summed E-state index contributed by atoms with van der Waals surface area (Å²) < 4.78 is 4.19. The molecule has 1 N–H and O–H groups in total. The standard InChI is InChI=1S/C18H15Cl2N3S/c1-10-15(11-2-6-13(19)7-3-11)21-17(18-16(10)22-23-24-18)12-4-8-14(20)9-5-12/h2-10,15,17,21H,1H3. The van der Waals surface area contributed by atoms with Gasteiger partial charge in [-0.15, -0.1) is 5.10 Å². The molecule has 0 radical (unpaired) electrons. The largest absolute Gasteiger partial charge is 0.298 e. The van der Waals surface area contributed by atoms with Gasteiger partial charge in [-0.05, 0) is 46.9 Å². The summed E-state index contributed by atoms with van der Waals surface area (Å²) in [5.74, 6) is 0.239. The molecule has 1 aromatic heterocycles. The number of benzene rings is 2. The summed E-state index contributed by atoms with van der Waals surface area (Å²) in [5.41, 5.74) is 3.43. The number of nitrogens with zero attached hydrogens (tertiary/aromatic N) is 2. The molecule has 0 aliphatic carbocycles. The van der Waals surface area contributed by atoms with Gasteiger partial charge in [-0.25, -0.2) is 0 Å². The molecule has 2 aromatic carbocycles. The van der Waals surface area contributed by atoms with Crippen molar-refractivity contribution in [1.29, 1.82) is 0 Å². The molecular weight excluding hydrogens is 361 g/mol. The van der Waals surface area contributed by atoms with E-state index in [2.05, 4.69) is 46.1 Å². The van der Waals surface area contributed by atoms with Crippen LogP contribution in [-0.4, -0.2) is 9.59 Å². The van der Waals surface area contributed by atoms with Crippen LogP contribution in [0.2, 0.25) is 10.0 Å². The van der Waals surface area contributed by atoms with Gasteiger partial charge in [0.15, 0.2) is 0 Å². The fourth-order valence-corrected chi connectivity index (χ4v) is 4.33. The molecule has 3 aromatic rings. The predicted octanol–water partition coefficient (Wildman–Crippen LogP) is 5.38. The zero-order chi connectivity index (χ0) is 16.7. The van der Waals surface area contributed by atoms with Gasteiger partial charge in [0.2, 0.25) is 0 Å². The normalized spacial score (nSPS) is 23.0. The van der Waals surface area contributed by atoms with Crippen LogP contribution in [0.1, 0.15) is 46.6 Å². The SMILES string of the molecule is CC1c2nnsc2C(c2ccc(Cl)cc2)NC1c1ccc(Cl)cc1. The molecule has 4 rings (SSSR count). The number of halogens is 2. The van der Waals surface area contributed by atoms with Crippen molar-refractivity contribution in [2.75, 3.05) is 0 Å². The van der Waals surface area contributed by atoms with E-state index in [1.54, 1.807) is 0 Å². The van der Waals surface area contributed by atoms with E-state index in [9.17, 15) is 0 Å². The summed E-state index contributed by atoms with van der Waals surface area (Å²) in [6.07, 6.45) is 0. The highest BCUT2D eigenvalue weighted by atomic mass is 35.5. The highest BCUT2D eigenvalue weighted by molar-refractivity contribution is 7.05. The Labute approximate surface area is 154 Å². The molecule has 0 amide bonds. The van der Waals surface area contributed by atoms with Crippen LogP contribution in [0.25, 0.3) is 0 Å². The van der Waals surface area contributed by atoms with Crippen molar-refractivity contribution in [3.8, 4) is 0 Å². The van der Waals surface area contributed by atoms with Crippen LogP contribution >= 0.6 is 34.7 Å². The molecule has 122 valence electrons. The maximum atomic E-state index is 6.04. The van der Waals surface area contributed by atoms with E-state index >= 15 is 0 Å². The van der Waals surface area contributed by atoms with Crippen LogP contribution < -0.4 is 5.32 Å². The fourth-order valence-electron chi connectivity index (χ4n) is 3.24. The van der Waals surface area contributed by atoms with Crippen LogP contribution in [0.3, 0.4) is 0 Å². The minimum absolute atomic E-state index is 0.0640. The van der Waals surface area contributed by atoms with Crippen molar-refractivity contribution in [2.45, 2.75) is 24.9 Å². The monoisotopic (exact) mass is 375 g/mol. The van der Waals surface area contributed by atoms with Gasteiger partial charge in [-0.2, -0.15) is 0 Å². The molecule has 0 saturated carbocycles. The zero-order valence-corrected chi connectivity index (χ0v) is 15.2. The summed E-state index contributed by atoms with van der Waals surface area (Å²) in [4.78, 5) is 1.18. The van der Waals surface area contributed by atoms with Crippen LogP contribution in [0.5, 0.6) is 0 Å². The Morgan fingerprint density at radius 3 is 2.12 bits per heavy atom. The highest BCUT2D eigenvalue weighted by Gasteiger charge is 2.36. The minimum Gasteiger partial charge on any atom is -0.298 e. The number of rotatable bonds is 2. The lowest BCUT2D eigenvalue weighted by Crippen LogP contribution is -2.35. The van der Waals surface area contributed by atoms with Crippen molar-refractivity contribution in [1.82, 2.24) is 14.9 Å². The lowest BCUT2D eigenvalue weighted by Gasteiger charge is -2.35. The summed E-state index contributed by atoms with van der Waals surface area (Å²) in [5, 5.41) is 9.64. The van der Waals surface area contributed by atoms with Crippen molar-refractivity contribution < 1.29 is 0 Å². The summed E-state index contributed by atoms with van der Waals surface area (Å²) in [6, 6.07) is 16.2. The highest BCUT2D eigenvalue weighted by Crippen LogP contribution is 2.43. The number of nitrogens with one attached hydrogen (secondary N) is 1. The molecule has 0 fully saturated rings. The maximum Gasteiger partial charge on any atom is 0.0854 e. The number of aromatic nitrogens is 2. The summed E-state index contributed by atoms with van der Waals surface area (Å²) >= 11 is 13.5. The Bertz CT molecular complexity index is 845. The lowest BCUT2D eigenvalue weighted by atomic mass is 9.84. The molecule has 0 bridgehead atoms. The first-order valence-corrected chi connectivity index (χ1v) is 9.25. The molecule has 0 saturated heterocycles. The molecule has 3 unspecified atom stereocenters. The Morgan fingerprint density at radius 2 is 1.50 bits per heavy atom. The number of hydrogen-bond acceptors (Lipinski definition) is 4. The minimum atomic E-state index is 0.0640.